The van der Waals surface area contributed by atoms with Crippen LogP contribution in [-0.4, -0.2) is 26.7 Å². The van der Waals surface area contributed by atoms with Gasteiger partial charge in [0.2, 0.25) is 5.91 Å². The van der Waals surface area contributed by atoms with E-state index >= 15 is 0 Å². The lowest BCUT2D eigenvalue weighted by atomic mass is 10.3. The SMILES string of the molecule is COc1ccc(NCC(=O)Nc2ccc(OC)cc2)cc1. The van der Waals surface area contributed by atoms with Gasteiger partial charge in [0.1, 0.15) is 11.5 Å². The zero-order chi connectivity index (χ0) is 15.1. The highest BCUT2D eigenvalue weighted by Crippen LogP contribution is 2.16. The maximum absolute atomic E-state index is 11.8. The van der Waals surface area contributed by atoms with Gasteiger partial charge in [-0.1, -0.05) is 0 Å². The molecule has 0 bridgehead atoms. The van der Waals surface area contributed by atoms with Crippen LogP contribution in [0.15, 0.2) is 48.5 Å². The van der Waals surface area contributed by atoms with Crippen molar-refractivity contribution in [3.05, 3.63) is 48.5 Å². The highest BCUT2D eigenvalue weighted by atomic mass is 16.5. The quantitative estimate of drug-likeness (QED) is 0.857. The maximum Gasteiger partial charge on any atom is 0.243 e. The second kappa shape index (κ2) is 7.19. The van der Waals surface area contributed by atoms with E-state index < -0.39 is 0 Å². The molecule has 21 heavy (non-hydrogen) atoms. The van der Waals surface area contributed by atoms with Gasteiger partial charge in [-0.15, -0.1) is 0 Å². The number of hydrogen-bond donors (Lipinski definition) is 2. The fourth-order valence-corrected chi connectivity index (χ4v) is 1.77. The molecule has 110 valence electrons. The van der Waals surface area contributed by atoms with E-state index in [0.717, 1.165) is 22.9 Å². The predicted molar refractivity (Wildman–Crippen MR) is 83.1 cm³/mol. The lowest BCUT2D eigenvalue weighted by Gasteiger charge is -2.09. The number of benzene rings is 2. The number of amides is 1. The molecular formula is C16H18N2O3. The summed E-state index contributed by atoms with van der Waals surface area (Å²) in [5.41, 5.74) is 1.60. The van der Waals surface area contributed by atoms with Crippen molar-refractivity contribution in [1.29, 1.82) is 0 Å². The Kier molecular flexibility index (Phi) is 5.04. The normalized spacial score (nSPS) is 9.81. The van der Waals surface area contributed by atoms with Crippen molar-refractivity contribution in [2.45, 2.75) is 0 Å². The highest BCUT2D eigenvalue weighted by molar-refractivity contribution is 5.93. The summed E-state index contributed by atoms with van der Waals surface area (Å²) in [6.45, 7) is 0.193. The number of carbonyl (C=O) groups is 1. The Balaban J connectivity index is 1.83. The van der Waals surface area contributed by atoms with E-state index in [9.17, 15) is 4.79 Å². The Morgan fingerprint density at radius 3 is 1.81 bits per heavy atom. The number of methoxy groups -OCH3 is 2. The zero-order valence-corrected chi connectivity index (χ0v) is 12.1. The molecule has 5 heteroatoms. The van der Waals surface area contributed by atoms with Crippen LogP contribution in [0.25, 0.3) is 0 Å². The summed E-state index contributed by atoms with van der Waals surface area (Å²) < 4.78 is 10.1. The number of carbonyl (C=O) groups excluding carboxylic acids is 1. The van der Waals surface area contributed by atoms with Gasteiger partial charge < -0.3 is 20.1 Å². The van der Waals surface area contributed by atoms with Gasteiger partial charge >= 0.3 is 0 Å². The van der Waals surface area contributed by atoms with Gasteiger partial charge in [0.05, 0.1) is 20.8 Å². The van der Waals surface area contributed by atoms with Crippen molar-refractivity contribution in [2.75, 3.05) is 31.4 Å². The highest BCUT2D eigenvalue weighted by Gasteiger charge is 2.02. The van der Waals surface area contributed by atoms with E-state index in [4.69, 9.17) is 9.47 Å². The number of ether oxygens (including phenoxy) is 2. The number of rotatable bonds is 6. The number of hydrogen-bond acceptors (Lipinski definition) is 4. The molecule has 0 aliphatic rings. The van der Waals surface area contributed by atoms with Crippen molar-refractivity contribution in [2.24, 2.45) is 0 Å². The molecule has 0 saturated heterocycles. The minimum atomic E-state index is -0.115. The fourth-order valence-electron chi connectivity index (χ4n) is 1.77. The van der Waals surface area contributed by atoms with E-state index in [2.05, 4.69) is 10.6 Å². The van der Waals surface area contributed by atoms with Crippen LogP contribution in [0, 0.1) is 0 Å². The first-order chi connectivity index (χ1) is 10.2. The Morgan fingerprint density at radius 1 is 0.857 bits per heavy atom. The topological polar surface area (TPSA) is 59.6 Å². The first-order valence-electron chi connectivity index (χ1n) is 6.53. The molecule has 0 fully saturated rings. The smallest absolute Gasteiger partial charge is 0.243 e. The maximum atomic E-state index is 11.8. The zero-order valence-electron chi connectivity index (χ0n) is 12.1. The van der Waals surface area contributed by atoms with Crippen LogP contribution in [0.2, 0.25) is 0 Å². The second-order valence-electron chi connectivity index (χ2n) is 4.36. The molecule has 2 aromatic rings. The van der Waals surface area contributed by atoms with E-state index in [1.807, 2.05) is 24.3 Å². The Bertz CT molecular complexity index is 579. The molecule has 2 rings (SSSR count). The van der Waals surface area contributed by atoms with Gasteiger partial charge in [0.25, 0.3) is 0 Å². The minimum absolute atomic E-state index is 0.115. The molecule has 0 radical (unpaired) electrons. The van der Waals surface area contributed by atoms with Crippen LogP contribution in [0.3, 0.4) is 0 Å². The van der Waals surface area contributed by atoms with E-state index in [-0.39, 0.29) is 12.5 Å². The summed E-state index contributed by atoms with van der Waals surface area (Å²) in [6, 6.07) is 14.6. The fraction of sp³-hybridized carbons (Fsp3) is 0.188. The van der Waals surface area contributed by atoms with Crippen molar-refractivity contribution in [3.8, 4) is 11.5 Å². The Labute approximate surface area is 123 Å². The van der Waals surface area contributed by atoms with E-state index in [1.54, 1.807) is 38.5 Å². The molecule has 2 N–H and O–H groups in total. The summed E-state index contributed by atoms with van der Waals surface area (Å²) in [5.74, 6) is 1.42. The van der Waals surface area contributed by atoms with Crippen LogP contribution < -0.4 is 20.1 Å². The summed E-state index contributed by atoms with van der Waals surface area (Å²) in [6.07, 6.45) is 0. The molecule has 2 aromatic carbocycles. The number of nitrogens with one attached hydrogen (secondary N) is 2. The predicted octanol–water partition coefficient (Wildman–Crippen LogP) is 2.75. The first kappa shape index (κ1) is 14.7. The molecule has 0 aliphatic carbocycles. The summed E-state index contributed by atoms with van der Waals surface area (Å²) in [5, 5.41) is 5.85. The van der Waals surface area contributed by atoms with Gasteiger partial charge in [-0.3, -0.25) is 4.79 Å². The lowest BCUT2D eigenvalue weighted by Crippen LogP contribution is -2.21. The third-order valence-electron chi connectivity index (χ3n) is 2.92. The van der Waals surface area contributed by atoms with Crippen molar-refractivity contribution in [3.63, 3.8) is 0 Å². The molecule has 0 unspecified atom stereocenters. The Hall–Kier alpha value is -2.69. The average molecular weight is 286 g/mol. The van der Waals surface area contributed by atoms with Crippen molar-refractivity contribution >= 4 is 17.3 Å². The molecule has 0 heterocycles. The van der Waals surface area contributed by atoms with Crippen molar-refractivity contribution < 1.29 is 14.3 Å². The summed E-state index contributed by atoms with van der Waals surface area (Å²) in [7, 11) is 3.22. The van der Waals surface area contributed by atoms with Crippen LogP contribution in [-0.2, 0) is 4.79 Å². The van der Waals surface area contributed by atoms with Gasteiger partial charge in [0, 0.05) is 11.4 Å². The third-order valence-corrected chi connectivity index (χ3v) is 2.92. The van der Waals surface area contributed by atoms with Gasteiger partial charge in [-0.2, -0.15) is 0 Å². The average Bonchev–Trinajstić information content (AvgIpc) is 2.54. The molecule has 0 atom stereocenters. The van der Waals surface area contributed by atoms with Gasteiger partial charge in [0.15, 0.2) is 0 Å². The van der Waals surface area contributed by atoms with Crippen LogP contribution in [0.5, 0.6) is 11.5 Å². The van der Waals surface area contributed by atoms with Crippen LogP contribution in [0.1, 0.15) is 0 Å². The standard InChI is InChI=1S/C16H18N2O3/c1-20-14-7-3-12(4-8-14)17-11-16(19)18-13-5-9-15(21-2)10-6-13/h3-10,17H,11H2,1-2H3,(H,18,19). The second-order valence-corrected chi connectivity index (χ2v) is 4.36. The molecule has 5 nitrogen and oxygen atoms in total. The first-order valence-corrected chi connectivity index (χ1v) is 6.53. The van der Waals surface area contributed by atoms with Gasteiger partial charge in [-0.05, 0) is 48.5 Å². The number of anilines is 2. The van der Waals surface area contributed by atoms with Crippen LogP contribution in [0.4, 0.5) is 11.4 Å². The van der Waals surface area contributed by atoms with E-state index in [0.29, 0.717) is 0 Å². The molecule has 0 aromatic heterocycles. The monoisotopic (exact) mass is 286 g/mol. The molecular weight excluding hydrogens is 268 g/mol. The molecule has 0 spiro atoms. The third kappa shape index (κ3) is 4.42. The lowest BCUT2D eigenvalue weighted by molar-refractivity contribution is -0.114. The van der Waals surface area contributed by atoms with Crippen LogP contribution >= 0.6 is 0 Å². The molecule has 0 aliphatic heterocycles. The molecule has 1 amide bonds. The van der Waals surface area contributed by atoms with E-state index in [1.165, 1.54) is 0 Å². The van der Waals surface area contributed by atoms with Gasteiger partial charge in [-0.25, -0.2) is 0 Å². The molecule has 0 saturated carbocycles. The summed E-state index contributed by atoms with van der Waals surface area (Å²) >= 11 is 0. The van der Waals surface area contributed by atoms with Crippen molar-refractivity contribution in [1.82, 2.24) is 0 Å². The largest absolute Gasteiger partial charge is 0.497 e. The summed E-state index contributed by atoms with van der Waals surface area (Å²) in [4.78, 5) is 11.8. The minimum Gasteiger partial charge on any atom is -0.497 e. The Morgan fingerprint density at radius 2 is 1.33 bits per heavy atom.